The summed E-state index contributed by atoms with van der Waals surface area (Å²) in [6.45, 7) is 17.4. The SMILES string of the molecule is [C-]#[N+]c1ncc(-c2ccc(-c3cnc(N=C)c(C#N)n3)cc2)nc1[N+]#[C-]. The molecule has 26 heavy (non-hydrogen) atoms. The molecule has 0 bridgehead atoms. The van der Waals surface area contributed by atoms with Gasteiger partial charge in [0.15, 0.2) is 17.7 Å². The first-order valence-corrected chi connectivity index (χ1v) is 7.16. The summed E-state index contributed by atoms with van der Waals surface area (Å²) in [6, 6.07) is 9.11. The molecule has 0 N–H and O–H groups in total. The van der Waals surface area contributed by atoms with Crippen molar-refractivity contribution in [1.29, 1.82) is 5.26 Å². The van der Waals surface area contributed by atoms with Crippen molar-refractivity contribution in [3.05, 3.63) is 65.2 Å². The third-order valence-electron chi connectivity index (χ3n) is 3.43. The summed E-state index contributed by atoms with van der Waals surface area (Å²) in [7, 11) is 0. The van der Waals surface area contributed by atoms with Gasteiger partial charge in [0, 0.05) is 11.1 Å². The normalized spacial score (nSPS) is 9.58. The third-order valence-corrected chi connectivity index (χ3v) is 3.43. The Hall–Kier alpha value is -4.48. The monoisotopic (exact) mass is 336 g/mol. The number of hydrogen-bond donors (Lipinski definition) is 0. The Kier molecular flexibility index (Phi) is 4.38. The number of benzene rings is 1. The van der Waals surface area contributed by atoms with Crippen molar-refractivity contribution in [2.75, 3.05) is 0 Å². The van der Waals surface area contributed by atoms with Crippen molar-refractivity contribution in [3.63, 3.8) is 0 Å². The molecule has 0 spiro atoms. The minimum atomic E-state index is -0.0291. The largest absolute Gasteiger partial charge is 0.370 e. The van der Waals surface area contributed by atoms with E-state index in [4.69, 9.17) is 18.4 Å². The van der Waals surface area contributed by atoms with Gasteiger partial charge in [-0.3, -0.25) is 0 Å². The van der Waals surface area contributed by atoms with E-state index in [0.717, 1.165) is 11.1 Å². The van der Waals surface area contributed by atoms with Gasteiger partial charge in [0.2, 0.25) is 5.69 Å². The van der Waals surface area contributed by atoms with Crippen LogP contribution < -0.4 is 0 Å². The molecule has 0 amide bonds. The molecule has 2 aromatic heterocycles. The van der Waals surface area contributed by atoms with Crippen LogP contribution >= 0.6 is 0 Å². The Morgan fingerprint density at radius 2 is 1.50 bits per heavy atom. The van der Waals surface area contributed by atoms with E-state index in [1.54, 1.807) is 24.3 Å². The number of nitriles is 1. The quantitative estimate of drug-likeness (QED) is 0.533. The number of rotatable bonds is 3. The fraction of sp³-hybridized carbons (Fsp3) is 0. The van der Waals surface area contributed by atoms with Crippen LogP contribution in [0.15, 0.2) is 41.7 Å². The van der Waals surface area contributed by atoms with Crippen LogP contribution in [0, 0.1) is 24.5 Å². The Labute approximate surface area is 148 Å². The fourth-order valence-electron chi connectivity index (χ4n) is 2.19. The lowest BCUT2D eigenvalue weighted by atomic mass is 10.1. The summed E-state index contributed by atoms with van der Waals surface area (Å²) in [4.78, 5) is 26.5. The molecule has 0 fully saturated rings. The molecule has 1 aromatic carbocycles. The van der Waals surface area contributed by atoms with Gasteiger partial charge in [0.1, 0.15) is 6.07 Å². The highest BCUT2D eigenvalue weighted by Crippen LogP contribution is 2.28. The predicted octanol–water partition coefficient (Wildman–Crippen LogP) is 3.91. The van der Waals surface area contributed by atoms with Gasteiger partial charge in [0.05, 0.1) is 11.9 Å². The van der Waals surface area contributed by atoms with Crippen LogP contribution in [0.3, 0.4) is 0 Å². The van der Waals surface area contributed by atoms with E-state index in [-0.39, 0.29) is 23.1 Å². The Morgan fingerprint density at radius 1 is 0.923 bits per heavy atom. The van der Waals surface area contributed by atoms with Crippen molar-refractivity contribution in [2.45, 2.75) is 0 Å². The third kappa shape index (κ3) is 2.96. The smallest absolute Gasteiger partial charge is 0.294 e. The number of aliphatic imine (C=N–C) groups is 1. The molecule has 8 heteroatoms. The average Bonchev–Trinajstić information content (AvgIpc) is 2.72. The summed E-state index contributed by atoms with van der Waals surface area (Å²) >= 11 is 0. The van der Waals surface area contributed by atoms with E-state index in [2.05, 4.69) is 41.3 Å². The first-order valence-electron chi connectivity index (χ1n) is 7.16. The van der Waals surface area contributed by atoms with Gasteiger partial charge in [-0.2, -0.15) is 5.26 Å². The van der Waals surface area contributed by atoms with E-state index in [1.165, 1.54) is 12.4 Å². The molecular formula is C18H8N8. The molecule has 3 rings (SSSR count). The lowest BCUT2D eigenvalue weighted by Gasteiger charge is -2.03. The van der Waals surface area contributed by atoms with Crippen LogP contribution in [-0.4, -0.2) is 26.7 Å². The zero-order valence-electron chi connectivity index (χ0n) is 13.2. The first-order chi connectivity index (χ1) is 12.7. The van der Waals surface area contributed by atoms with Crippen LogP contribution in [0.1, 0.15) is 5.69 Å². The Bertz CT molecular complexity index is 1130. The van der Waals surface area contributed by atoms with Crippen LogP contribution in [0.2, 0.25) is 0 Å². The summed E-state index contributed by atoms with van der Waals surface area (Å²) in [5, 5.41) is 9.11. The number of aromatic nitrogens is 4. The van der Waals surface area contributed by atoms with Crippen LogP contribution in [0.4, 0.5) is 17.5 Å². The highest BCUT2D eigenvalue weighted by molar-refractivity contribution is 5.70. The summed E-state index contributed by atoms with van der Waals surface area (Å²) < 4.78 is 0. The van der Waals surface area contributed by atoms with Crippen LogP contribution in [0.25, 0.3) is 32.2 Å². The molecule has 0 unspecified atom stereocenters. The number of hydrogen-bond acceptors (Lipinski definition) is 6. The van der Waals surface area contributed by atoms with Crippen LogP contribution in [0.5, 0.6) is 0 Å². The van der Waals surface area contributed by atoms with E-state index in [9.17, 15) is 0 Å². The Balaban J connectivity index is 1.98. The molecule has 0 atom stereocenters. The average molecular weight is 336 g/mol. The molecule has 120 valence electrons. The van der Waals surface area contributed by atoms with Gasteiger partial charge in [-0.15, -0.1) is 9.97 Å². The summed E-state index contributed by atoms with van der Waals surface area (Å²) in [5.74, 6) is 0.143. The molecule has 0 aliphatic rings. The van der Waals surface area contributed by atoms with Crippen molar-refractivity contribution in [2.24, 2.45) is 4.99 Å². The summed E-state index contributed by atoms with van der Waals surface area (Å²) in [6.07, 6.45) is 2.97. The second-order valence-electron chi connectivity index (χ2n) is 4.90. The second kappa shape index (κ2) is 6.96. The highest BCUT2D eigenvalue weighted by atomic mass is 15.0. The Morgan fingerprint density at radius 3 is 2.04 bits per heavy atom. The van der Waals surface area contributed by atoms with Gasteiger partial charge in [-0.05, 0) is 18.9 Å². The second-order valence-corrected chi connectivity index (χ2v) is 4.90. The molecule has 0 saturated heterocycles. The van der Waals surface area contributed by atoms with Crippen molar-refractivity contribution >= 4 is 24.2 Å². The molecule has 3 aromatic rings. The van der Waals surface area contributed by atoms with Crippen LogP contribution in [-0.2, 0) is 0 Å². The van der Waals surface area contributed by atoms with Crippen molar-refractivity contribution in [3.8, 4) is 28.6 Å². The van der Waals surface area contributed by atoms with E-state index < -0.39 is 0 Å². The van der Waals surface area contributed by atoms with Crippen molar-refractivity contribution in [1.82, 2.24) is 19.9 Å². The lowest BCUT2D eigenvalue weighted by molar-refractivity contribution is 1.15. The van der Waals surface area contributed by atoms with Gasteiger partial charge < -0.3 is 9.69 Å². The molecule has 0 aliphatic carbocycles. The maximum Gasteiger partial charge on any atom is 0.294 e. The van der Waals surface area contributed by atoms with Gasteiger partial charge in [-0.25, -0.2) is 15.0 Å². The molecular weight excluding hydrogens is 328 g/mol. The summed E-state index contributed by atoms with van der Waals surface area (Å²) in [5.41, 5.74) is 2.61. The van der Waals surface area contributed by atoms with E-state index >= 15 is 0 Å². The molecule has 0 aliphatic heterocycles. The zero-order chi connectivity index (χ0) is 18.5. The van der Waals surface area contributed by atoms with E-state index in [1.807, 2.05) is 6.07 Å². The maximum absolute atomic E-state index is 9.11. The van der Waals surface area contributed by atoms with Crippen molar-refractivity contribution < 1.29 is 0 Å². The molecule has 2 heterocycles. The molecule has 0 radical (unpaired) electrons. The minimum Gasteiger partial charge on any atom is -0.370 e. The minimum absolute atomic E-state index is 0.0180. The van der Waals surface area contributed by atoms with Gasteiger partial charge >= 0.3 is 0 Å². The zero-order valence-corrected chi connectivity index (χ0v) is 13.2. The number of nitrogens with zero attached hydrogens (tertiary/aromatic N) is 8. The highest BCUT2D eigenvalue weighted by Gasteiger charge is 2.13. The standard InChI is InChI=1S/C18H8N8/c1-20-16-13(8-19)25-14(9-23-16)11-4-6-12(7-5-11)15-10-24-17(21-2)18(22-3)26-15/h4-7,9-10H,1H2. The lowest BCUT2D eigenvalue weighted by Crippen LogP contribution is -1.92. The first kappa shape index (κ1) is 16.4. The molecule has 8 nitrogen and oxygen atoms in total. The molecule has 0 saturated carbocycles. The van der Waals surface area contributed by atoms with E-state index in [0.29, 0.717) is 11.4 Å². The van der Waals surface area contributed by atoms with Gasteiger partial charge in [0.25, 0.3) is 11.6 Å². The fourth-order valence-corrected chi connectivity index (χ4v) is 2.19. The predicted molar refractivity (Wildman–Crippen MR) is 94.9 cm³/mol. The topological polar surface area (TPSA) is 96.4 Å². The maximum atomic E-state index is 9.11. The van der Waals surface area contributed by atoms with Gasteiger partial charge in [-0.1, -0.05) is 25.3 Å².